The molecule has 0 spiro atoms. The molecular formula is C13H19N5OS. The summed E-state index contributed by atoms with van der Waals surface area (Å²) in [5.74, 6) is 0.677. The molecule has 2 aromatic heterocycles. The minimum Gasteiger partial charge on any atom is -0.342 e. The number of rotatable bonds is 5. The molecule has 0 aliphatic carbocycles. The minimum atomic E-state index is -0.262. The van der Waals surface area contributed by atoms with E-state index in [1.54, 1.807) is 11.3 Å². The van der Waals surface area contributed by atoms with Crippen LogP contribution >= 0.6 is 11.3 Å². The van der Waals surface area contributed by atoms with E-state index in [0.717, 1.165) is 34.2 Å². The molecule has 0 bridgehead atoms. The fourth-order valence-electron chi connectivity index (χ4n) is 2.02. The molecule has 2 rings (SSSR count). The van der Waals surface area contributed by atoms with Crippen molar-refractivity contribution in [2.75, 3.05) is 0 Å². The van der Waals surface area contributed by atoms with E-state index < -0.39 is 0 Å². The van der Waals surface area contributed by atoms with Crippen LogP contribution in [-0.4, -0.2) is 26.1 Å². The number of aromatic nitrogens is 4. The fourth-order valence-corrected chi connectivity index (χ4v) is 2.95. The van der Waals surface area contributed by atoms with E-state index in [2.05, 4.69) is 32.4 Å². The van der Waals surface area contributed by atoms with Gasteiger partial charge in [0.15, 0.2) is 0 Å². The summed E-state index contributed by atoms with van der Waals surface area (Å²) >= 11 is 1.60. The van der Waals surface area contributed by atoms with Crippen LogP contribution in [0.4, 0.5) is 0 Å². The lowest BCUT2D eigenvalue weighted by Gasteiger charge is -2.11. The number of hydrogen-bond acceptors (Lipinski definition) is 5. The molecule has 0 aliphatic heterocycles. The van der Waals surface area contributed by atoms with Crippen molar-refractivity contribution in [3.05, 3.63) is 27.2 Å². The molecule has 20 heavy (non-hydrogen) atoms. The van der Waals surface area contributed by atoms with Gasteiger partial charge in [0, 0.05) is 11.3 Å². The van der Waals surface area contributed by atoms with Crippen molar-refractivity contribution in [1.29, 1.82) is 0 Å². The molecule has 1 atom stereocenters. The van der Waals surface area contributed by atoms with Gasteiger partial charge < -0.3 is 5.32 Å². The number of thiazole rings is 1. The zero-order valence-electron chi connectivity index (χ0n) is 12.1. The van der Waals surface area contributed by atoms with Crippen LogP contribution in [-0.2, 0) is 6.42 Å². The molecule has 0 fully saturated rings. The first-order valence-electron chi connectivity index (χ1n) is 6.67. The van der Waals surface area contributed by atoms with Gasteiger partial charge in [-0.15, -0.1) is 16.4 Å². The van der Waals surface area contributed by atoms with Crippen LogP contribution in [0.5, 0.6) is 0 Å². The van der Waals surface area contributed by atoms with Gasteiger partial charge in [-0.3, -0.25) is 9.89 Å². The second kappa shape index (κ2) is 6.13. The molecule has 2 N–H and O–H groups in total. The molecule has 1 amide bonds. The summed E-state index contributed by atoms with van der Waals surface area (Å²) in [6.07, 6.45) is 1.76. The van der Waals surface area contributed by atoms with Gasteiger partial charge in [0.05, 0.1) is 16.7 Å². The van der Waals surface area contributed by atoms with Crippen LogP contribution < -0.4 is 5.32 Å². The van der Waals surface area contributed by atoms with Gasteiger partial charge in [0.25, 0.3) is 5.91 Å². The third kappa shape index (κ3) is 3.22. The fraction of sp³-hybridized carbons (Fsp3) is 0.538. The van der Waals surface area contributed by atoms with E-state index in [4.69, 9.17) is 0 Å². The van der Waals surface area contributed by atoms with Crippen molar-refractivity contribution in [2.24, 2.45) is 0 Å². The van der Waals surface area contributed by atoms with Crippen LogP contribution in [0.15, 0.2) is 0 Å². The molecular weight excluding hydrogens is 274 g/mol. The van der Waals surface area contributed by atoms with E-state index in [0.29, 0.717) is 0 Å². The zero-order valence-corrected chi connectivity index (χ0v) is 13.0. The van der Waals surface area contributed by atoms with Crippen molar-refractivity contribution in [1.82, 2.24) is 25.5 Å². The normalized spacial score (nSPS) is 12.4. The first-order valence-corrected chi connectivity index (χ1v) is 7.49. The molecule has 6 nitrogen and oxygen atoms in total. The number of hydrogen-bond donors (Lipinski definition) is 2. The summed E-state index contributed by atoms with van der Waals surface area (Å²) < 4.78 is 0. The molecule has 108 valence electrons. The Labute approximate surface area is 122 Å². The first kappa shape index (κ1) is 14.6. The molecule has 0 saturated carbocycles. The summed E-state index contributed by atoms with van der Waals surface area (Å²) in [5.41, 5.74) is 0.960. The van der Waals surface area contributed by atoms with Gasteiger partial charge in [-0.05, 0) is 27.2 Å². The molecule has 0 saturated heterocycles. The second-order valence-corrected chi connectivity index (χ2v) is 5.97. The van der Waals surface area contributed by atoms with E-state index >= 15 is 0 Å². The maximum Gasteiger partial charge on any atom is 0.291 e. The van der Waals surface area contributed by atoms with E-state index in [9.17, 15) is 4.79 Å². The highest BCUT2D eigenvalue weighted by atomic mass is 32.1. The van der Waals surface area contributed by atoms with Crippen molar-refractivity contribution in [3.63, 3.8) is 0 Å². The van der Waals surface area contributed by atoms with Crippen molar-refractivity contribution in [3.8, 4) is 0 Å². The van der Waals surface area contributed by atoms with Gasteiger partial charge in [0.1, 0.15) is 5.82 Å². The summed E-state index contributed by atoms with van der Waals surface area (Å²) in [5, 5.41) is 10.6. The Morgan fingerprint density at radius 1 is 1.40 bits per heavy atom. The largest absolute Gasteiger partial charge is 0.342 e. The second-order valence-electron chi connectivity index (χ2n) is 4.73. The predicted octanol–water partition coefficient (Wildman–Crippen LogP) is 2.32. The van der Waals surface area contributed by atoms with Crippen molar-refractivity contribution < 1.29 is 4.79 Å². The highest BCUT2D eigenvalue weighted by molar-refractivity contribution is 7.11. The van der Waals surface area contributed by atoms with Gasteiger partial charge in [-0.2, -0.15) is 0 Å². The Morgan fingerprint density at radius 3 is 2.75 bits per heavy atom. The standard InChI is InChI=1S/C13H19N5OS/c1-5-6-10-16-12(18-17-10)13(19)15-8(3)11-7(2)14-9(4)20-11/h8H,5-6H2,1-4H3,(H,15,19)(H,16,17,18). The zero-order chi connectivity index (χ0) is 14.7. The summed E-state index contributed by atoms with van der Waals surface area (Å²) in [4.78, 5) is 21.7. The number of aryl methyl sites for hydroxylation is 3. The number of carbonyl (C=O) groups is 1. The van der Waals surface area contributed by atoms with E-state index in [1.165, 1.54) is 0 Å². The Kier molecular flexibility index (Phi) is 4.49. The molecule has 7 heteroatoms. The van der Waals surface area contributed by atoms with E-state index in [-0.39, 0.29) is 17.8 Å². The summed E-state index contributed by atoms with van der Waals surface area (Å²) in [6.45, 7) is 7.91. The van der Waals surface area contributed by atoms with Crippen LogP contribution in [0.2, 0.25) is 0 Å². The Balaban J connectivity index is 2.05. The first-order chi connectivity index (χ1) is 9.51. The van der Waals surface area contributed by atoms with Crippen LogP contribution in [0, 0.1) is 13.8 Å². The molecule has 1 unspecified atom stereocenters. The maximum atomic E-state index is 12.1. The van der Waals surface area contributed by atoms with Crippen molar-refractivity contribution in [2.45, 2.75) is 46.6 Å². The number of nitrogens with one attached hydrogen (secondary N) is 2. The molecule has 2 heterocycles. The Hall–Kier alpha value is -1.76. The maximum absolute atomic E-state index is 12.1. The highest BCUT2D eigenvalue weighted by Gasteiger charge is 2.18. The summed E-state index contributed by atoms with van der Waals surface area (Å²) in [6, 6.07) is -0.0955. The molecule has 0 aromatic carbocycles. The lowest BCUT2D eigenvalue weighted by atomic mass is 10.2. The van der Waals surface area contributed by atoms with Gasteiger partial charge in [0.2, 0.25) is 5.82 Å². The number of H-pyrrole nitrogens is 1. The molecule has 0 radical (unpaired) electrons. The van der Waals surface area contributed by atoms with Gasteiger partial charge in [-0.1, -0.05) is 6.92 Å². The van der Waals surface area contributed by atoms with Crippen LogP contribution in [0.3, 0.4) is 0 Å². The topological polar surface area (TPSA) is 83.6 Å². The highest BCUT2D eigenvalue weighted by Crippen LogP contribution is 2.24. The number of carbonyl (C=O) groups excluding carboxylic acids is 1. The van der Waals surface area contributed by atoms with Crippen molar-refractivity contribution >= 4 is 17.2 Å². The van der Waals surface area contributed by atoms with Gasteiger partial charge >= 0.3 is 0 Å². The minimum absolute atomic E-state index is 0.0955. The molecule has 0 aliphatic rings. The predicted molar refractivity (Wildman–Crippen MR) is 77.8 cm³/mol. The van der Waals surface area contributed by atoms with E-state index in [1.807, 2.05) is 20.8 Å². The third-order valence-corrected chi connectivity index (χ3v) is 4.16. The number of nitrogens with zero attached hydrogens (tertiary/aromatic N) is 3. The summed E-state index contributed by atoms with van der Waals surface area (Å²) in [7, 11) is 0. The smallest absolute Gasteiger partial charge is 0.291 e. The average molecular weight is 293 g/mol. The lowest BCUT2D eigenvalue weighted by Crippen LogP contribution is -2.27. The molecule has 2 aromatic rings. The average Bonchev–Trinajstić information content (AvgIpc) is 2.96. The number of amides is 1. The SMILES string of the molecule is CCCc1nc(C(=O)NC(C)c2sc(C)nc2C)n[nH]1. The number of aromatic amines is 1. The third-order valence-electron chi connectivity index (χ3n) is 2.90. The monoisotopic (exact) mass is 293 g/mol. The lowest BCUT2D eigenvalue weighted by molar-refractivity contribution is 0.0930. The van der Waals surface area contributed by atoms with Gasteiger partial charge in [-0.25, -0.2) is 9.97 Å². The van der Waals surface area contributed by atoms with Crippen LogP contribution in [0.1, 0.15) is 58.3 Å². The quantitative estimate of drug-likeness (QED) is 0.886. The van der Waals surface area contributed by atoms with Crippen LogP contribution in [0.25, 0.3) is 0 Å². The Bertz CT molecular complexity index is 604. The Morgan fingerprint density at radius 2 is 2.15 bits per heavy atom.